The van der Waals surface area contributed by atoms with E-state index < -0.39 is 0 Å². The molecule has 0 aliphatic carbocycles. The molecule has 1 unspecified atom stereocenters. The molecule has 0 spiro atoms. The molecule has 21 heavy (non-hydrogen) atoms. The minimum absolute atomic E-state index is 0.0427. The second-order valence-electron chi connectivity index (χ2n) is 5.33. The van der Waals surface area contributed by atoms with Crippen LogP contribution in [0.4, 0.5) is 5.69 Å². The number of rotatable bonds is 3. The van der Waals surface area contributed by atoms with Crippen molar-refractivity contribution in [3.05, 3.63) is 30.6 Å². The number of piperidine rings is 1. The second-order valence-corrected chi connectivity index (χ2v) is 5.33. The number of nitrogens with zero attached hydrogens (tertiary/aromatic N) is 3. The third kappa shape index (κ3) is 3.11. The molecule has 2 aromatic rings. The zero-order valence-corrected chi connectivity index (χ0v) is 12.0. The maximum absolute atomic E-state index is 12.1. The Morgan fingerprint density at radius 2 is 2.14 bits per heavy atom. The molecule has 1 atom stereocenters. The van der Waals surface area contributed by atoms with Crippen molar-refractivity contribution in [3.8, 4) is 11.4 Å². The van der Waals surface area contributed by atoms with Gasteiger partial charge in [-0.15, -0.1) is 10.2 Å². The van der Waals surface area contributed by atoms with Crippen molar-refractivity contribution in [2.24, 2.45) is 7.05 Å². The predicted octanol–water partition coefficient (Wildman–Crippen LogP) is 1.56. The molecular weight excluding hydrogens is 266 g/mol. The third-order valence-electron chi connectivity index (χ3n) is 3.75. The van der Waals surface area contributed by atoms with Gasteiger partial charge in [0.05, 0.1) is 6.04 Å². The highest BCUT2D eigenvalue weighted by Crippen LogP contribution is 2.19. The first-order valence-corrected chi connectivity index (χ1v) is 7.23. The van der Waals surface area contributed by atoms with Crippen molar-refractivity contribution in [1.82, 2.24) is 20.1 Å². The average molecular weight is 285 g/mol. The minimum atomic E-state index is -0.0721. The summed E-state index contributed by atoms with van der Waals surface area (Å²) in [4.78, 5) is 12.1. The number of hydrogen-bond donors (Lipinski definition) is 2. The van der Waals surface area contributed by atoms with Gasteiger partial charge in [-0.25, -0.2) is 0 Å². The number of anilines is 1. The first-order chi connectivity index (χ1) is 10.2. The van der Waals surface area contributed by atoms with Crippen molar-refractivity contribution in [3.63, 3.8) is 0 Å². The van der Waals surface area contributed by atoms with Crippen molar-refractivity contribution >= 4 is 11.6 Å². The molecule has 6 nitrogen and oxygen atoms in total. The number of benzene rings is 1. The second kappa shape index (κ2) is 6.05. The molecule has 1 aromatic heterocycles. The summed E-state index contributed by atoms with van der Waals surface area (Å²) in [7, 11) is 1.90. The van der Waals surface area contributed by atoms with E-state index in [4.69, 9.17) is 0 Å². The van der Waals surface area contributed by atoms with Gasteiger partial charge in [0.25, 0.3) is 0 Å². The van der Waals surface area contributed by atoms with E-state index in [2.05, 4.69) is 20.8 Å². The van der Waals surface area contributed by atoms with Gasteiger partial charge in [-0.3, -0.25) is 4.79 Å². The number of amides is 1. The lowest BCUT2D eigenvalue weighted by Gasteiger charge is -2.22. The Morgan fingerprint density at radius 1 is 1.33 bits per heavy atom. The van der Waals surface area contributed by atoms with Crippen LogP contribution in [-0.2, 0) is 11.8 Å². The van der Waals surface area contributed by atoms with Gasteiger partial charge in [-0.2, -0.15) is 0 Å². The zero-order chi connectivity index (χ0) is 14.7. The Labute approximate surface area is 123 Å². The summed E-state index contributed by atoms with van der Waals surface area (Å²) in [5.41, 5.74) is 1.78. The van der Waals surface area contributed by atoms with E-state index in [1.54, 1.807) is 6.33 Å². The van der Waals surface area contributed by atoms with Crippen LogP contribution in [0.5, 0.6) is 0 Å². The van der Waals surface area contributed by atoms with Crippen LogP contribution in [0, 0.1) is 0 Å². The highest BCUT2D eigenvalue weighted by atomic mass is 16.2. The van der Waals surface area contributed by atoms with Crippen LogP contribution in [0.25, 0.3) is 11.4 Å². The highest BCUT2D eigenvalue weighted by Gasteiger charge is 2.20. The molecule has 1 saturated heterocycles. The number of aryl methyl sites for hydroxylation is 1. The lowest BCUT2D eigenvalue weighted by atomic mass is 10.0. The first-order valence-electron chi connectivity index (χ1n) is 7.23. The van der Waals surface area contributed by atoms with E-state index >= 15 is 0 Å². The standard InChI is InChI=1S/C15H19N5O/c1-20-10-17-19-14(20)11-5-7-12(8-6-11)18-15(21)13-4-2-3-9-16-13/h5-8,10,13,16H,2-4,9H2,1H3,(H,18,21). The van der Waals surface area contributed by atoms with Gasteiger partial charge in [0, 0.05) is 18.3 Å². The Balaban J connectivity index is 1.67. The topological polar surface area (TPSA) is 71.8 Å². The summed E-state index contributed by atoms with van der Waals surface area (Å²) in [5, 5.41) is 14.1. The maximum atomic E-state index is 12.1. The van der Waals surface area contributed by atoms with Crippen molar-refractivity contribution in [2.75, 3.05) is 11.9 Å². The van der Waals surface area contributed by atoms with Gasteiger partial charge in [0.15, 0.2) is 5.82 Å². The van der Waals surface area contributed by atoms with E-state index in [9.17, 15) is 4.79 Å². The first kappa shape index (κ1) is 13.8. The molecular formula is C15H19N5O. The summed E-state index contributed by atoms with van der Waals surface area (Å²) >= 11 is 0. The molecule has 1 fully saturated rings. The molecule has 0 bridgehead atoms. The van der Waals surface area contributed by atoms with Gasteiger partial charge in [0.1, 0.15) is 6.33 Å². The molecule has 1 aromatic carbocycles. The zero-order valence-electron chi connectivity index (χ0n) is 12.0. The molecule has 110 valence electrons. The van der Waals surface area contributed by atoms with Gasteiger partial charge in [-0.1, -0.05) is 6.42 Å². The molecule has 6 heteroatoms. The Kier molecular flexibility index (Phi) is 3.96. The van der Waals surface area contributed by atoms with E-state index in [0.717, 1.165) is 42.9 Å². The Morgan fingerprint density at radius 3 is 2.76 bits per heavy atom. The normalized spacial score (nSPS) is 18.4. The Hall–Kier alpha value is -2.21. The van der Waals surface area contributed by atoms with Crippen LogP contribution < -0.4 is 10.6 Å². The molecule has 1 aliphatic heterocycles. The third-order valence-corrected chi connectivity index (χ3v) is 3.75. The number of hydrogen-bond acceptors (Lipinski definition) is 4. The molecule has 1 aliphatic rings. The fraction of sp³-hybridized carbons (Fsp3) is 0.400. The summed E-state index contributed by atoms with van der Waals surface area (Å²) in [5.74, 6) is 0.850. The molecule has 0 radical (unpaired) electrons. The van der Waals surface area contributed by atoms with Crippen molar-refractivity contribution in [2.45, 2.75) is 25.3 Å². The molecule has 1 amide bonds. The smallest absolute Gasteiger partial charge is 0.241 e. The summed E-state index contributed by atoms with van der Waals surface area (Å²) in [6.45, 7) is 0.920. The van der Waals surface area contributed by atoms with Crippen molar-refractivity contribution in [1.29, 1.82) is 0 Å². The molecule has 2 heterocycles. The number of nitrogens with one attached hydrogen (secondary N) is 2. The molecule has 3 rings (SSSR count). The van der Waals surface area contributed by atoms with Crippen LogP contribution in [0.15, 0.2) is 30.6 Å². The summed E-state index contributed by atoms with van der Waals surface area (Å²) in [6.07, 6.45) is 4.83. The van der Waals surface area contributed by atoms with E-state index in [1.807, 2.05) is 35.9 Å². The van der Waals surface area contributed by atoms with Gasteiger partial charge in [-0.05, 0) is 43.7 Å². The van der Waals surface area contributed by atoms with Crippen LogP contribution in [0.2, 0.25) is 0 Å². The lowest BCUT2D eigenvalue weighted by molar-refractivity contribution is -0.118. The van der Waals surface area contributed by atoms with Gasteiger partial charge < -0.3 is 15.2 Å². The van der Waals surface area contributed by atoms with Crippen LogP contribution >= 0.6 is 0 Å². The van der Waals surface area contributed by atoms with Crippen LogP contribution in [0.1, 0.15) is 19.3 Å². The molecule has 2 N–H and O–H groups in total. The van der Waals surface area contributed by atoms with Crippen LogP contribution in [-0.4, -0.2) is 33.3 Å². The minimum Gasteiger partial charge on any atom is -0.325 e. The largest absolute Gasteiger partial charge is 0.325 e. The fourth-order valence-corrected chi connectivity index (χ4v) is 2.55. The summed E-state index contributed by atoms with van der Waals surface area (Å²) < 4.78 is 1.86. The average Bonchev–Trinajstić information content (AvgIpc) is 2.95. The SMILES string of the molecule is Cn1cnnc1-c1ccc(NC(=O)C2CCCCN2)cc1. The van der Waals surface area contributed by atoms with E-state index in [0.29, 0.717) is 0 Å². The van der Waals surface area contributed by atoms with Gasteiger partial charge >= 0.3 is 0 Å². The maximum Gasteiger partial charge on any atom is 0.241 e. The molecule has 0 saturated carbocycles. The lowest BCUT2D eigenvalue weighted by Crippen LogP contribution is -2.43. The van der Waals surface area contributed by atoms with Crippen LogP contribution in [0.3, 0.4) is 0 Å². The monoisotopic (exact) mass is 285 g/mol. The van der Waals surface area contributed by atoms with E-state index in [-0.39, 0.29) is 11.9 Å². The number of carbonyl (C=O) groups excluding carboxylic acids is 1. The van der Waals surface area contributed by atoms with E-state index in [1.165, 1.54) is 0 Å². The van der Waals surface area contributed by atoms with Gasteiger partial charge in [0.2, 0.25) is 5.91 Å². The summed E-state index contributed by atoms with van der Waals surface area (Å²) in [6, 6.07) is 7.59. The highest BCUT2D eigenvalue weighted by molar-refractivity contribution is 5.95. The predicted molar refractivity (Wildman–Crippen MR) is 80.7 cm³/mol. The number of aromatic nitrogens is 3. The number of carbonyl (C=O) groups is 1. The quantitative estimate of drug-likeness (QED) is 0.898. The van der Waals surface area contributed by atoms with Crippen molar-refractivity contribution < 1.29 is 4.79 Å². The Bertz CT molecular complexity index is 613. The fourth-order valence-electron chi connectivity index (χ4n) is 2.55.